The van der Waals surface area contributed by atoms with Gasteiger partial charge in [0.2, 0.25) is 11.8 Å². The van der Waals surface area contributed by atoms with Gasteiger partial charge in [-0.25, -0.2) is 4.39 Å². The molecule has 4 saturated carbocycles. The van der Waals surface area contributed by atoms with E-state index in [-0.39, 0.29) is 29.6 Å². The van der Waals surface area contributed by atoms with Gasteiger partial charge in [0.15, 0.2) is 0 Å². The minimum Gasteiger partial charge on any atom is -0.350 e. The van der Waals surface area contributed by atoms with Crippen molar-refractivity contribution in [3.63, 3.8) is 0 Å². The first-order valence-electron chi connectivity index (χ1n) is 10.9. The Kier molecular flexibility index (Phi) is 4.44. The second-order valence-corrected chi connectivity index (χ2v) is 9.66. The Bertz CT molecular complexity index is 757. The maximum atomic E-state index is 13.8. The molecule has 4 nitrogen and oxygen atoms in total. The third-order valence-electron chi connectivity index (χ3n) is 7.72. The van der Waals surface area contributed by atoms with Crippen LogP contribution < -0.4 is 5.32 Å². The van der Waals surface area contributed by atoms with Crippen molar-refractivity contribution in [3.05, 3.63) is 35.6 Å². The number of likely N-dealkylation sites (tertiary alicyclic amines) is 1. The standard InChI is InChI=1S/C23H29FN2O2/c24-19-5-2-1-4-18(19)14-25-21(27)20-6-3-7-26(20)22(28)23-11-15-8-16(12-23)10-17(9-15)13-23/h1-2,4-5,15-17,20H,3,6-14H2,(H,25,27)/t15?,16?,17?,20-,23?/m0/s1. The number of amides is 2. The highest BCUT2D eigenvalue weighted by molar-refractivity contribution is 5.91. The molecule has 1 aromatic rings. The van der Waals surface area contributed by atoms with Gasteiger partial charge in [-0.05, 0) is 75.2 Å². The van der Waals surface area contributed by atoms with Crippen molar-refractivity contribution in [2.45, 2.75) is 64.0 Å². The molecule has 5 aliphatic rings. The molecule has 1 N–H and O–H groups in total. The van der Waals surface area contributed by atoms with Crippen molar-refractivity contribution in [1.82, 2.24) is 10.2 Å². The van der Waals surface area contributed by atoms with E-state index in [0.29, 0.717) is 36.3 Å². The first-order chi connectivity index (χ1) is 13.5. The summed E-state index contributed by atoms with van der Waals surface area (Å²) in [7, 11) is 0. The van der Waals surface area contributed by atoms with E-state index in [1.54, 1.807) is 18.2 Å². The van der Waals surface area contributed by atoms with Crippen molar-refractivity contribution in [2.24, 2.45) is 23.2 Å². The van der Waals surface area contributed by atoms with Gasteiger partial charge in [0.05, 0.1) is 5.41 Å². The number of nitrogens with zero attached hydrogens (tertiary/aromatic N) is 1. The Morgan fingerprint density at radius 3 is 2.36 bits per heavy atom. The molecule has 1 aromatic carbocycles. The lowest BCUT2D eigenvalue weighted by molar-refractivity contribution is -0.160. The van der Waals surface area contributed by atoms with Gasteiger partial charge in [-0.15, -0.1) is 0 Å². The number of hydrogen-bond donors (Lipinski definition) is 1. The van der Waals surface area contributed by atoms with Crippen molar-refractivity contribution in [3.8, 4) is 0 Å². The lowest BCUT2D eigenvalue weighted by Gasteiger charge is -2.56. The predicted octanol–water partition coefficient (Wildman–Crippen LogP) is 3.65. The molecule has 0 spiro atoms. The van der Waals surface area contributed by atoms with Crippen molar-refractivity contribution in [2.75, 3.05) is 6.54 Å². The quantitative estimate of drug-likeness (QED) is 0.861. The first-order valence-corrected chi connectivity index (χ1v) is 10.9. The van der Waals surface area contributed by atoms with Crippen LogP contribution in [0, 0.1) is 29.0 Å². The van der Waals surface area contributed by atoms with E-state index in [9.17, 15) is 14.0 Å². The average molecular weight is 384 g/mol. The predicted molar refractivity (Wildman–Crippen MR) is 104 cm³/mol. The number of benzene rings is 1. The Morgan fingerprint density at radius 2 is 1.71 bits per heavy atom. The number of carbonyl (C=O) groups is 2. The van der Waals surface area contributed by atoms with Crippen molar-refractivity contribution in [1.29, 1.82) is 0 Å². The van der Waals surface area contributed by atoms with Crippen LogP contribution >= 0.6 is 0 Å². The van der Waals surface area contributed by atoms with Gasteiger partial charge >= 0.3 is 0 Å². The Balaban J connectivity index is 1.28. The number of halogens is 1. The molecule has 4 bridgehead atoms. The number of nitrogens with one attached hydrogen (secondary N) is 1. The van der Waals surface area contributed by atoms with Crippen LogP contribution in [0.4, 0.5) is 4.39 Å². The molecular formula is C23H29FN2O2. The summed E-state index contributed by atoms with van der Waals surface area (Å²) in [6, 6.07) is 6.10. The molecule has 2 amide bonds. The fourth-order valence-electron chi connectivity index (χ4n) is 6.90. The molecule has 0 unspecified atom stereocenters. The molecule has 1 saturated heterocycles. The molecular weight excluding hydrogens is 355 g/mol. The van der Waals surface area contributed by atoms with Gasteiger partial charge in [0, 0.05) is 18.7 Å². The van der Waals surface area contributed by atoms with Gasteiger partial charge in [0.1, 0.15) is 11.9 Å². The van der Waals surface area contributed by atoms with Crippen LogP contribution in [0.2, 0.25) is 0 Å². The van der Waals surface area contributed by atoms with E-state index in [1.807, 2.05) is 4.90 Å². The zero-order valence-corrected chi connectivity index (χ0v) is 16.3. The zero-order valence-electron chi connectivity index (χ0n) is 16.3. The van der Waals surface area contributed by atoms with Gasteiger partial charge in [0.25, 0.3) is 0 Å². The second kappa shape index (κ2) is 6.85. The van der Waals surface area contributed by atoms with Crippen LogP contribution in [-0.2, 0) is 16.1 Å². The lowest BCUT2D eigenvalue weighted by atomic mass is 9.49. The molecule has 0 radical (unpaired) electrons. The highest BCUT2D eigenvalue weighted by Crippen LogP contribution is 2.60. The first kappa shape index (κ1) is 18.1. The Labute approximate surface area is 165 Å². The van der Waals surface area contributed by atoms with Crippen molar-refractivity contribution < 1.29 is 14.0 Å². The van der Waals surface area contributed by atoms with Gasteiger partial charge < -0.3 is 10.2 Å². The lowest BCUT2D eigenvalue weighted by Crippen LogP contribution is -2.57. The van der Waals surface area contributed by atoms with Crippen molar-refractivity contribution >= 4 is 11.8 Å². The Hall–Kier alpha value is -1.91. The topological polar surface area (TPSA) is 49.4 Å². The van der Waals surface area contributed by atoms with E-state index in [0.717, 1.165) is 25.7 Å². The van der Waals surface area contributed by atoms with E-state index < -0.39 is 6.04 Å². The summed E-state index contributed by atoms with van der Waals surface area (Å²) in [5.41, 5.74) is 0.274. The fourth-order valence-corrected chi connectivity index (χ4v) is 6.90. The van der Waals surface area contributed by atoms with E-state index in [4.69, 9.17) is 0 Å². The molecule has 1 heterocycles. The van der Waals surface area contributed by atoms with Crippen LogP contribution in [0.25, 0.3) is 0 Å². The average Bonchev–Trinajstić information content (AvgIpc) is 3.15. The molecule has 0 aromatic heterocycles. The fraction of sp³-hybridized carbons (Fsp3) is 0.652. The summed E-state index contributed by atoms with van der Waals surface area (Å²) in [4.78, 5) is 28.3. The third-order valence-corrected chi connectivity index (χ3v) is 7.72. The van der Waals surface area contributed by atoms with E-state index in [2.05, 4.69) is 5.32 Å². The molecule has 6 rings (SSSR count). The number of carbonyl (C=O) groups excluding carboxylic acids is 2. The molecule has 4 aliphatic carbocycles. The van der Waals surface area contributed by atoms with Gasteiger partial charge in [-0.2, -0.15) is 0 Å². The maximum absolute atomic E-state index is 13.8. The van der Waals surface area contributed by atoms with Crippen LogP contribution in [0.5, 0.6) is 0 Å². The minimum atomic E-state index is -0.396. The SMILES string of the molecule is O=C(NCc1ccccc1F)[C@@H]1CCCN1C(=O)C12CC3CC(CC(C3)C1)C2. The van der Waals surface area contributed by atoms with Crippen LogP contribution in [0.15, 0.2) is 24.3 Å². The summed E-state index contributed by atoms with van der Waals surface area (Å²) < 4.78 is 13.8. The summed E-state index contributed by atoms with van der Waals surface area (Å²) >= 11 is 0. The molecule has 5 fully saturated rings. The number of rotatable bonds is 4. The highest BCUT2D eigenvalue weighted by atomic mass is 19.1. The van der Waals surface area contributed by atoms with Crippen LogP contribution in [-0.4, -0.2) is 29.3 Å². The molecule has 5 heteroatoms. The minimum absolute atomic E-state index is 0.140. The second-order valence-electron chi connectivity index (χ2n) is 9.66. The molecule has 28 heavy (non-hydrogen) atoms. The van der Waals surface area contributed by atoms with E-state index >= 15 is 0 Å². The number of hydrogen-bond acceptors (Lipinski definition) is 2. The molecule has 150 valence electrons. The van der Waals surface area contributed by atoms with Crippen LogP contribution in [0.1, 0.15) is 56.9 Å². The molecule has 1 aliphatic heterocycles. The zero-order chi connectivity index (χ0) is 19.3. The smallest absolute Gasteiger partial charge is 0.243 e. The third kappa shape index (κ3) is 3.03. The summed E-state index contributed by atoms with van der Waals surface area (Å²) in [5, 5.41) is 2.87. The molecule has 1 atom stereocenters. The summed E-state index contributed by atoms with van der Waals surface area (Å²) in [6.07, 6.45) is 8.57. The monoisotopic (exact) mass is 384 g/mol. The van der Waals surface area contributed by atoms with Gasteiger partial charge in [-0.3, -0.25) is 9.59 Å². The van der Waals surface area contributed by atoms with E-state index in [1.165, 1.54) is 25.3 Å². The highest BCUT2D eigenvalue weighted by Gasteiger charge is 2.56. The summed E-state index contributed by atoms with van der Waals surface area (Å²) in [6.45, 7) is 0.847. The normalized spacial score (nSPS) is 36.0. The van der Waals surface area contributed by atoms with Crippen LogP contribution in [0.3, 0.4) is 0 Å². The Morgan fingerprint density at radius 1 is 1.07 bits per heavy atom. The van der Waals surface area contributed by atoms with Gasteiger partial charge in [-0.1, -0.05) is 18.2 Å². The maximum Gasteiger partial charge on any atom is 0.243 e. The largest absolute Gasteiger partial charge is 0.350 e. The summed E-state index contributed by atoms with van der Waals surface area (Å²) in [5.74, 6) is 1.92.